The Labute approximate surface area is 116 Å². The number of hydrogen-bond donors (Lipinski definition) is 1. The Morgan fingerprint density at radius 1 is 1.26 bits per heavy atom. The van der Waals surface area contributed by atoms with Crippen LogP contribution in [0.3, 0.4) is 0 Å². The van der Waals surface area contributed by atoms with Crippen LogP contribution in [0.15, 0.2) is 24.3 Å². The molecule has 1 aliphatic rings. The van der Waals surface area contributed by atoms with E-state index in [1.165, 1.54) is 30.5 Å². The molecule has 1 fully saturated rings. The maximum Gasteiger partial charge on any atom is 0.0698 e. The van der Waals surface area contributed by atoms with Crippen molar-refractivity contribution in [1.82, 2.24) is 4.90 Å². The molecule has 19 heavy (non-hydrogen) atoms. The third-order valence-electron chi connectivity index (χ3n) is 3.85. The van der Waals surface area contributed by atoms with Gasteiger partial charge in [-0.05, 0) is 38.3 Å². The zero-order valence-corrected chi connectivity index (χ0v) is 11.8. The van der Waals surface area contributed by atoms with Crippen molar-refractivity contribution in [2.75, 3.05) is 32.9 Å². The lowest BCUT2D eigenvalue weighted by Crippen LogP contribution is -2.34. The number of aliphatic hydroxyl groups excluding tert-OH is 1. The molecule has 0 saturated carbocycles. The minimum Gasteiger partial charge on any atom is -0.394 e. The van der Waals surface area contributed by atoms with E-state index in [-0.39, 0.29) is 6.61 Å². The predicted molar refractivity (Wildman–Crippen MR) is 77.4 cm³/mol. The van der Waals surface area contributed by atoms with E-state index in [9.17, 15) is 0 Å². The van der Waals surface area contributed by atoms with Crippen molar-refractivity contribution in [1.29, 1.82) is 0 Å². The Hall–Kier alpha value is -0.900. The average molecular weight is 263 g/mol. The SMILES string of the molecule is Cc1ccc(CC2CCCN2CCOCCO)cc1. The summed E-state index contributed by atoms with van der Waals surface area (Å²) in [6.07, 6.45) is 3.71. The fraction of sp³-hybridized carbons (Fsp3) is 0.625. The molecule has 0 bridgehead atoms. The van der Waals surface area contributed by atoms with Crippen molar-refractivity contribution >= 4 is 0 Å². The second-order valence-electron chi connectivity index (χ2n) is 5.36. The largest absolute Gasteiger partial charge is 0.394 e. The first-order valence-corrected chi connectivity index (χ1v) is 7.28. The highest BCUT2D eigenvalue weighted by Gasteiger charge is 2.23. The van der Waals surface area contributed by atoms with E-state index >= 15 is 0 Å². The molecule has 0 aromatic heterocycles. The molecule has 1 aliphatic heterocycles. The quantitative estimate of drug-likeness (QED) is 0.764. The van der Waals surface area contributed by atoms with Gasteiger partial charge in [-0.1, -0.05) is 29.8 Å². The Morgan fingerprint density at radius 3 is 2.79 bits per heavy atom. The number of ether oxygens (including phenoxy) is 1. The second-order valence-corrected chi connectivity index (χ2v) is 5.36. The van der Waals surface area contributed by atoms with Gasteiger partial charge in [0.1, 0.15) is 0 Å². The zero-order chi connectivity index (χ0) is 13.5. The van der Waals surface area contributed by atoms with Crippen molar-refractivity contribution in [3.05, 3.63) is 35.4 Å². The fourth-order valence-electron chi connectivity index (χ4n) is 2.77. The number of rotatable bonds is 7. The molecule has 0 radical (unpaired) electrons. The van der Waals surface area contributed by atoms with Crippen LogP contribution in [0.4, 0.5) is 0 Å². The van der Waals surface area contributed by atoms with Gasteiger partial charge in [-0.2, -0.15) is 0 Å². The molecule has 3 nitrogen and oxygen atoms in total. The Kier molecular flexibility index (Phi) is 5.83. The van der Waals surface area contributed by atoms with Crippen molar-refractivity contribution in [3.8, 4) is 0 Å². The van der Waals surface area contributed by atoms with Gasteiger partial charge in [-0.3, -0.25) is 4.90 Å². The van der Waals surface area contributed by atoms with Crippen molar-refractivity contribution < 1.29 is 9.84 Å². The van der Waals surface area contributed by atoms with Crippen LogP contribution in [0.25, 0.3) is 0 Å². The molecule has 0 amide bonds. The number of likely N-dealkylation sites (tertiary alicyclic amines) is 1. The van der Waals surface area contributed by atoms with Crippen LogP contribution in [-0.4, -0.2) is 49.0 Å². The average Bonchev–Trinajstić information content (AvgIpc) is 2.85. The van der Waals surface area contributed by atoms with Crippen LogP contribution in [0.2, 0.25) is 0 Å². The van der Waals surface area contributed by atoms with Crippen molar-refractivity contribution in [2.45, 2.75) is 32.2 Å². The van der Waals surface area contributed by atoms with Crippen LogP contribution in [0, 0.1) is 6.92 Å². The highest BCUT2D eigenvalue weighted by molar-refractivity contribution is 5.22. The van der Waals surface area contributed by atoms with Gasteiger partial charge in [0, 0.05) is 12.6 Å². The normalized spacial score (nSPS) is 20.0. The Bertz CT molecular complexity index is 364. The number of hydrogen-bond acceptors (Lipinski definition) is 3. The maximum absolute atomic E-state index is 8.69. The molecule has 0 spiro atoms. The van der Waals surface area contributed by atoms with Crippen LogP contribution in [-0.2, 0) is 11.2 Å². The minimum atomic E-state index is 0.118. The molecule has 1 saturated heterocycles. The summed E-state index contributed by atoms with van der Waals surface area (Å²) in [6, 6.07) is 9.53. The van der Waals surface area contributed by atoms with Crippen LogP contribution < -0.4 is 0 Å². The summed E-state index contributed by atoms with van der Waals surface area (Å²) >= 11 is 0. The molecule has 3 heteroatoms. The molecule has 1 atom stereocenters. The summed E-state index contributed by atoms with van der Waals surface area (Å²) < 4.78 is 5.37. The van der Waals surface area contributed by atoms with E-state index < -0.39 is 0 Å². The molecule has 1 aromatic rings. The molecule has 1 aromatic carbocycles. The Balaban J connectivity index is 1.79. The second kappa shape index (κ2) is 7.63. The number of nitrogens with zero attached hydrogens (tertiary/aromatic N) is 1. The smallest absolute Gasteiger partial charge is 0.0698 e. The van der Waals surface area contributed by atoms with Crippen LogP contribution in [0.1, 0.15) is 24.0 Å². The zero-order valence-electron chi connectivity index (χ0n) is 11.8. The predicted octanol–water partition coefficient (Wildman–Crippen LogP) is 2.01. The van der Waals surface area contributed by atoms with Crippen molar-refractivity contribution in [2.24, 2.45) is 0 Å². The third kappa shape index (κ3) is 4.60. The Morgan fingerprint density at radius 2 is 2.05 bits per heavy atom. The van der Waals surface area contributed by atoms with E-state index in [1.807, 2.05) is 0 Å². The molecule has 106 valence electrons. The van der Waals surface area contributed by atoms with Crippen molar-refractivity contribution in [3.63, 3.8) is 0 Å². The molecular weight excluding hydrogens is 238 g/mol. The summed E-state index contributed by atoms with van der Waals surface area (Å²) in [7, 11) is 0. The summed E-state index contributed by atoms with van der Waals surface area (Å²) in [6.45, 7) is 5.59. The molecule has 1 N–H and O–H groups in total. The van der Waals surface area contributed by atoms with E-state index in [0.717, 1.165) is 19.6 Å². The summed E-state index contributed by atoms with van der Waals surface area (Å²) in [5.41, 5.74) is 2.75. The van der Waals surface area contributed by atoms with Gasteiger partial charge in [0.25, 0.3) is 0 Å². The lowest BCUT2D eigenvalue weighted by atomic mass is 10.0. The standard InChI is InChI=1S/C16H25NO2/c1-14-4-6-15(7-5-14)13-16-3-2-8-17(16)9-11-19-12-10-18/h4-7,16,18H,2-3,8-13H2,1H3. The number of benzene rings is 1. The summed E-state index contributed by atoms with van der Waals surface area (Å²) in [5.74, 6) is 0. The van der Waals surface area contributed by atoms with Gasteiger partial charge in [0.15, 0.2) is 0 Å². The van der Waals surface area contributed by atoms with Gasteiger partial charge >= 0.3 is 0 Å². The molecule has 2 rings (SSSR count). The molecular formula is C16H25NO2. The highest BCUT2D eigenvalue weighted by Crippen LogP contribution is 2.21. The molecule has 0 aliphatic carbocycles. The molecule has 1 unspecified atom stereocenters. The first-order valence-electron chi connectivity index (χ1n) is 7.28. The lowest BCUT2D eigenvalue weighted by molar-refractivity contribution is 0.0710. The van der Waals surface area contributed by atoms with Gasteiger partial charge in [-0.25, -0.2) is 0 Å². The monoisotopic (exact) mass is 263 g/mol. The van der Waals surface area contributed by atoms with Crippen LogP contribution >= 0.6 is 0 Å². The van der Waals surface area contributed by atoms with E-state index in [1.54, 1.807) is 0 Å². The minimum absolute atomic E-state index is 0.118. The van der Waals surface area contributed by atoms with Crippen LogP contribution in [0.5, 0.6) is 0 Å². The summed E-state index contributed by atoms with van der Waals surface area (Å²) in [4.78, 5) is 2.53. The van der Waals surface area contributed by atoms with Gasteiger partial charge in [0.05, 0.1) is 19.8 Å². The maximum atomic E-state index is 8.69. The highest BCUT2D eigenvalue weighted by atomic mass is 16.5. The topological polar surface area (TPSA) is 32.7 Å². The number of aryl methyl sites for hydroxylation is 1. The first kappa shape index (κ1) is 14.5. The first-order chi connectivity index (χ1) is 9.29. The van der Waals surface area contributed by atoms with Gasteiger partial charge in [-0.15, -0.1) is 0 Å². The van der Waals surface area contributed by atoms with Gasteiger partial charge in [0.2, 0.25) is 0 Å². The lowest BCUT2D eigenvalue weighted by Gasteiger charge is -2.24. The number of aliphatic hydroxyl groups is 1. The van der Waals surface area contributed by atoms with E-state index in [0.29, 0.717) is 12.6 Å². The van der Waals surface area contributed by atoms with E-state index in [4.69, 9.17) is 9.84 Å². The summed E-state index contributed by atoms with van der Waals surface area (Å²) in [5, 5.41) is 8.69. The van der Waals surface area contributed by atoms with Gasteiger partial charge < -0.3 is 9.84 Å². The molecule has 1 heterocycles. The third-order valence-corrected chi connectivity index (χ3v) is 3.85. The fourth-order valence-corrected chi connectivity index (χ4v) is 2.77. The van der Waals surface area contributed by atoms with E-state index in [2.05, 4.69) is 36.1 Å².